The van der Waals surface area contributed by atoms with E-state index in [4.69, 9.17) is 5.73 Å². The van der Waals surface area contributed by atoms with E-state index in [9.17, 15) is 4.21 Å². The summed E-state index contributed by atoms with van der Waals surface area (Å²) in [7, 11) is -0.828. The van der Waals surface area contributed by atoms with Crippen molar-refractivity contribution in [2.45, 2.75) is 25.5 Å². The van der Waals surface area contributed by atoms with Gasteiger partial charge in [0.15, 0.2) is 0 Å². The van der Waals surface area contributed by atoms with E-state index in [1.807, 2.05) is 18.2 Å². The maximum absolute atomic E-state index is 11.7. The van der Waals surface area contributed by atoms with Gasteiger partial charge >= 0.3 is 0 Å². The molecule has 0 radical (unpaired) electrons. The lowest BCUT2D eigenvalue weighted by Gasteiger charge is -1.97. The van der Waals surface area contributed by atoms with Crippen LogP contribution in [-0.2, 0) is 16.6 Å². The van der Waals surface area contributed by atoms with Gasteiger partial charge in [0.2, 0.25) is 0 Å². The highest BCUT2D eigenvalue weighted by Crippen LogP contribution is 2.15. The summed E-state index contributed by atoms with van der Waals surface area (Å²) in [6.07, 6.45) is 2.07. The maximum Gasteiger partial charge on any atom is 0.119 e. The van der Waals surface area contributed by atoms with Gasteiger partial charge in [0.25, 0.3) is 0 Å². The van der Waals surface area contributed by atoms with Crippen LogP contribution in [0.25, 0.3) is 11.0 Å². The molecule has 1 aromatic heterocycles. The van der Waals surface area contributed by atoms with Crippen molar-refractivity contribution in [1.29, 1.82) is 0 Å². The van der Waals surface area contributed by atoms with E-state index in [0.29, 0.717) is 11.4 Å². The number of benzene rings is 1. The number of fused-ring (bicyclic) bond motifs is 1. The van der Waals surface area contributed by atoms with Gasteiger partial charge in [-0.3, -0.25) is 4.21 Å². The van der Waals surface area contributed by atoms with Crippen LogP contribution < -0.4 is 5.73 Å². The number of nitrogen functional groups attached to an aromatic ring is 1. The summed E-state index contributed by atoms with van der Waals surface area (Å²) in [6, 6.07) is 5.54. The van der Waals surface area contributed by atoms with Crippen LogP contribution >= 0.6 is 0 Å². The molecule has 4 nitrogen and oxygen atoms in total. The first kappa shape index (κ1) is 12.1. The molecule has 3 N–H and O–H groups in total. The zero-order valence-corrected chi connectivity index (χ0v) is 10.7. The summed E-state index contributed by atoms with van der Waals surface area (Å²) in [5.41, 5.74) is 8.19. The Labute approximate surface area is 103 Å². The van der Waals surface area contributed by atoms with Crippen molar-refractivity contribution >= 4 is 27.5 Å². The predicted octanol–water partition coefficient (Wildman–Crippen LogP) is 2.19. The van der Waals surface area contributed by atoms with Crippen molar-refractivity contribution < 1.29 is 4.21 Å². The normalized spacial score (nSPS) is 13.0. The molecular formula is C12H17N3OS. The Balaban J connectivity index is 2.11. The van der Waals surface area contributed by atoms with Crippen molar-refractivity contribution in [2.75, 3.05) is 11.5 Å². The van der Waals surface area contributed by atoms with Crippen molar-refractivity contribution in [3.8, 4) is 0 Å². The number of aromatic nitrogens is 2. The van der Waals surface area contributed by atoms with Gasteiger partial charge in [0.05, 0.1) is 16.8 Å². The van der Waals surface area contributed by atoms with Crippen LogP contribution in [0.1, 0.15) is 25.6 Å². The predicted molar refractivity (Wildman–Crippen MR) is 72.1 cm³/mol. The van der Waals surface area contributed by atoms with Gasteiger partial charge < -0.3 is 10.7 Å². The number of nitrogens with zero attached hydrogens (tertiary/aromatic N) is 1. The molecule has 2 aromatic rings. The number of anilines is 1. The largest absolute Gasteiger partial charge is 0.399 e. The van der Waals surface area contributed by atoms with E-state index < -0.39 is 10.8 Å². The standard InChI is InChI=1S/C12H17N3OS/c1-2-3-6-17(16)8-12-14-10-5-4-9(13)7-11(10)15-12/h4-5,7H,2-3,6,8,13H2,1H3,(H,14,15). The molecule has 0 saturated heterocycles. The Morgan fingerprint density at radius 2 is 2.29 bits per heavy atom. The van der Waals surface area contributed by atoms with E-state index >= 15 is 0 Å². The minimum atomic E-state index is -0.828. The smallest absolute Gasteiger partial charge is 0.119 e. The molecule has 92 valence electrons. The molecule has 17 heavy (non-hydrogen) atoms. The van der Waals surface area contributed by atoms with Gasteiger partial charge in [0.1, 0.15) is 5.82 Å². The lowest BCUT2D eigenvalue weighted by molar-refractivity contribution is 0.678. The Morgan fingerprint density at radius 3 is 3.06 bits per heavy atom. The number of rotatable bonds is 5. The summed E-state index contributed by atoms with van der Waals surface area (Å²) in [4.78, 5) is 7.56. The zero-order valence-electron chi connectivity index (χ0n) is 9.90. The van der Waals surface area contributed by atoms with E-state index in [1.165, 1.54) is 0 Å². The Bertz CT molecular complexity index is 536. The van der Waals surface area contributed by atoms with Gasteiger partial charge in [-0.1, -0.05) is 13.3 Å². The molecule has 0 spiro atoms. The molecule has 5 heteroatoms. The third kappa shape index (κ3) is 3.06. The second-order valence-electron chi connectivity index (χ2n) is 4.10. The molecule has 0 amide bonds. The van der Waals surface area contributed by atoms with Crippen LogP contribution in [0.3, 0.4) is 0 Å². The fourth-order valence-corrected chi connectivity index (χ4v) is 2.88. The van der Waals surface area contributed by atoms with Crippen molar-refractivity contribution in [1.82, 2.24) is 9.97 Å². The minimum Gasteiger partial charge on any atom is -0.399 e. The maximum atomic E-state index is 11.7. The van der Waals surface area contributed by atoms with Crippen molar-refractivity contribution in [2.24, 2.45) is 0 Å². The van der Waals surface area contributed by atoms with E-state index in [-0.39, 0.29) is 0 Å². The fraction of sp³-hybridized carbons (Fsp3) is 0.417. The van der Waals surface area contributed by atoms with Crippen LogP contribution in [0.15, 0.2) is 18.2 Å². The highest BCUT2D eigenvalue weighted by molar-refractivity contribution is 7.84. The molecule has 0 aliphatic heterocycles. The third-order valence-corrected chi connectivity index (χ3v) is 3.92. The minimum absolute atomic E-state index is 0.495. The van der Waals surface area contributed by atoms with Crippen LogP contribution in [0.4, 0.5) is 5.69 Å². The van der Waals surface area contributed by atoms with Crippen molar-refractivity contribution in [3.05, 3.63) is 24.0 Å². The number of nitrogens with two attached hydrogens (primary N) is 1. The molecular weight excluding hydrogens is 234 g/mol. The lowest BCUT2D eigenvalue weighted by Crippen LogP contribution is -2.01. The van der Waals surface area contributed by atoms with Crippen LogP contribution in [0.2, 0.25) is 0 Å². The number of nitrogens with one attached hydrogen (secondary N) is 1. The molecule has 0 aliphatic rings. The van der Waals surface area contributed by atoms with Gasteiger partial charge in [-0.05, 0) is 24.6 Å². The molecule has 0 bridgehead atoms. The highest BCUT2D eigenvalue weighted by Gasteiger charge is 2.06. The van der Waals surface area contributed by atoms with Crippen molar-refractivity contribution in [3.63, 3.8) is 0 Å². The first-order valence-corrected chi connectivity index (χ1v) is 7.27. The molecule has 2 rings (SSSR count). The molecule has 0 saturated carbocycles. The van der Waals surface area contributed by atoms with Gasteiger partial charge in [-0.2, -0.15) is 0 Å². The molecule has 1 unspecified atom stereocenters. The van der Waals surface area contributed by atoms with Gasteiger partial charge in [0, 0.05) is 22.2 Å². The quantitative estimate of drug-likeness (QED) is 0.800. The number of H-pyrrole nitrogens is 1. The van der Waals surface area contributed by atoms with Gasteiger partial charge in [-0.15, -0.1) is 0 Å². The fourth-order valence-electron chi connectivity index (χ4n) is 1.68. The summed E-state index contributed by atoms with van der Waals surface area (Å²) in [5.74, 6) is 2.02. The van der Waals surface area contributed by atoms with E-state index in [1.54, 1.807) is 0 Å². The number of hydrogen-bond donors (Lipinski definition) is 2. The average molecular weight is 251 g/mol. The second-order valence-corrected chi connectivity index (χ2v) is 5.68. The number of aromatic amines is 1. The van der Waals surface area contributed by atoms with Crippen LogP contribution in [0.5, 0.6) is 0 Å². The summed E-state index contributed by atoms with van der Waals surface area (Å²) >= 11 is 0. The first-order chi connectivity index (χ1) is 8.19. The number of imidazole rings is 1. The summed E-state index contributed by atoms with van der Waals surface area (Å²) < 4.78 is 11.7. The molecule has 1 aromatic carbocycles. The van der Waals surface area contributed by atoms with E-state index in [2.05, 4.69) is 16.9 Å². The molecule has 1 atom stereocenters. The number of unbranched alkanes of at least 4 members (excludes halogenated alkanes) is 1. The first-order valence-electron chi connectivity index (χ1n) is 5.78. The average Bonchev–Trinajstić information content (AvgIpc) is 2.67. The number of hydrogen-bond acceptors (Lipinski definition) is 3. The Kier molecular flexibility index (Phi) is 3.78. The third-order valence-electron chi connectivity index (χ3n) is 2.58. The van der Waals surface area contributed by atoms with E-state index in [0.717, 1.165) is 35.5 Å². The molecule has 0 fully saturated rings. The molecule has 0 aliphatic carbocycles. The second kappa shape index (κ2) is 5.31. The van der Waals surface area contributed by atoms with Gasteiger partial charge in [-0.25, -0.2) is 4.98 Å². The van der Waals surface area contributed by atoms with Crippen LogP contribution in [-0.4, -0.2) is 19.9 Å². The Hall–Kier alpha value is -1.36. The lowest BCUT2D eigenvalue weighted by atomic mass is 10.3. The Morgan fingerprint density at radius 1 is 1.47 bits per heavy atom. The molecule has 1 heterocycles. The monoisotopic (exact) mass is 251 g/mol. The summed E-state index contributed by atoms with van der Waals surface area (Å²) in [6.45, 7) is 2.10. The topological polar surface area (TPSA) is 71.8 Å². The zero-order chi connectivity index (χ0) is 12.3. The SMILES string of the molecule is CCCCS(=O)Cc1nc2ccc(N)cc2[nH]1. The summed E-state index contributed by atoms with van der Waals surface area (Å²) in [5, 5.41) is 0. The highest BCUT2D eigenvalue weighted by atomic mass is 32.2. The van der Waals surface area contributed by atoms with Crippen LogP contribution in [0, 0.1) is 0 Å².